The first kappa shape index (κ1) is 41.7. The quantitative estimate of drug-likeness (QED) is 0.0830. The Labute approximate surface area is 356 Å². The molecule has 314 valence electrons. The third-order valence-corrected chi connectivity index (χ3v) is 14.0. The highest BCUT2D eigenvalue weighted by molar-refractivity contribution is 9.10. The molecule has 0 bridgehead atoms. The topological polar surface area (TPSA) is 142 Å². The molecule has 60 heavy (non-hydrogen) atoms. The van der Waals surface area contributed by atoms with Crippen molar-refractivity contribution in [3.63, 3.8) is 0 Å². The summed E-state index contributed by atoms with van der Waals surface area (Å²) < 4.78 is 50.5. The minimum atomic E-state index is -2.74. The molecule has 1 unspecified atom stereocenters. The zero-order chi connectivity index (χ0) is 42.5. The maximum Gasteiger partial charge on any atom is 0.234 e. The number of pyridine rings is 1. The second-order valence-electron chi connectivity index (χ2n) is 16.6. The van der Waals surface area contributed by atoms with Crippen molar-refractivity contribution in [3.8, 4) is 5.75 Å². The fraction of sp³-hybridized carbons (Fsp3) is 0.386. The number of halogens is 3. The first-order chi connectivity index (χ1) is 28.6. The molecule has 5 aromatic rings. The second-order valence-corrected chi connectivity index (χ2v) is 20.6. The van der Waals surface area contributed by atoms with E-state index in [9.17, 15) is 14.2 Å². The molecule has 5 heterocycles. The van der Waals surface area contributed by atoms with Crippen LogP contribution in [0.1, 0.15) is 54.5 Å². The van der Waals surface area contributed by atoms with Crippen molar-refractivity contribution in [1.29, 1.82) is 0 Å². The largest absolute Gasteiger partial charge is 0.494 e. The van der Waals surface area contributed by atoms with Gasteiger partial charge in [-0.2, -0.15) is 4.98 Å². The number of nitrogens with one attached hydrogen (secondary N) is 3. The minimum absolute atomic E-state index is 0.0569. The number of fused-ring (bicyclic) bond motifs is 1. The Morgan fingerprint density at radius 3 is 2.48 bits per heavy atom. The van der Waals surface area contributed by atoms with Crippen LogP contribution in [0.5, 0.6) is 5.75 Å². The number of hydrogen-bond acceptors (Lipinski definition) is 11. The van der Waals surface area contributed by atoms with Gasteiger partial charge in [-0.05, 0) is 116 Å². The maximum absolute atomic E-state index is 15.1. The summed E-state index contributed by atoms with van der Waals surface area (Å²) in [4.78, 5) is 42.6. The number of piperidine rings is 1. The molecule has 3 saturated heterocycles. The molecule has 0 radical (unpaired) electrons. The van der Waals surface area contributed by atoms with Gasteiger partial charge in [0.25, 0.3) is 0 Å². The predicted octanol–water partition coefficient (Wildman–Crippen LogP) is 7.96. The number of likely N-dealkylation sites (tertiary alicyclic amines) is 1. The lowest BCUT2D eigenvalue weighted by Gasteiger charge is -2.50. The Morgan fingerprint density at radius 1 is 1.02 bits per heavy atom. The van der Waals surface area contributed by atoms with E-state index in [1.165, 1.54) is 12.1 Å². The van der Waals surface area contributed by atoms with Crippen LogP contribution in [-0.2, 0) is 27.0 Å². The van der Waals surface area contributed by atoms with Crippen LogP contribution in [0.15, 0.2) is 59.2 Å². The van der Waals surface area contributed by atoms with Gasteiger partial charge in [0.05, 0.1) is 34.4 Å². The van der Waals surface area contributed by atoms with Crippen LogP contribution in [0.3, 0.4) is 0 Å². The number of ether oxygens (including phenoxy) is 1. The van der Waals surface area contributed by atoms with Gasteiger partial charge in [-0.1, -0.05) is 13.0 Å². The highest BCUT2D eigenvalue weighted by Gasteiger charge is 2.48. The monoisotopic (exact) mass is 900 g/mol. The van der Waals surface area contributed by atoms with Gasteiger partial charge in [-0.25, -0.2) is 13.8 Å². The molecule has 16 heteroatoms. The number of carbonyl (C=O) groups excluding carboxylic acids is 2. The van der Waals surface area contributed by atoms with Crippen molar-refractivity contribution in [2.75, 3.05) is 68.7 Å². The summed E-state index contributed by atoms with van der Waals surface area (Å²) in [5.74, 6) is -2.06. The van der Waals surface area contributed by atoms with Gasteiger partial charge in [0, 0.05) is 77.9 Å². The van der Waals surface area contributed by atoms with Crippen LogP contribution < -0.4 is 30.9 Å². The Kier molecular flexibility index (Phi) is 11.5. The average molecular weight is 902 g/mol. The lowest BCUT2D eigenvalue weighted by Crippen LogP contribution is -2.58. The number of imide groups is 1. The molecule has 0 saturated carbocycles. The molecule has 2 amide bonds. The molecule has 2 aromatic heterocycles. The van der Waals surface area contributed by atoms with Crippen LogP contribution in [-0.4, -0.2) is 84.8 Å². The number of nitrogens with zero attached hydrogens (tertiary/aromatic N) is 5. The van der Waals surface area contributed by atoms with E-state index < -0.39 is 36.5 Å². The number of anilines is 5. The van der Waals surface area contributed by atoms with Gasteiger partial charge in [-0.15, -0.1) is 0 Å². The van der Waals surface area contributed by atoms with Gasteiger partial charge >= 0.3 is 0 Å². The number of amides is 2. The summed E-state index contributed by atoms with van der Waals surface area (Å²) in [7, 11) is -1.10. The van der Waals surface area contributed by atoms with Crippen LogP contribution in [0.2, 0.25) is 0 Å². The number of rotatable bonds is 12. The summed E-state index contributed by atoms with van der Waals surface area (Å²) in [6.07, 6.45) is 4.12. The smallest absolute Gasteiger partial charge is 0.234 e. The fourth-order valence-corrected chi connectivity index (χ4v) is 10.7. The van der Waals surface area contributed by atoms with Crippen LogP contribution in [0.25, 0.3) is 10.9 Å². The Balaban J connectivity index is 0.927. The first-order valence-electron chi connectivity index (χ1n) is 20.2. The van der Waals surface area contributed by atoms with Crippen molar-refractivity contribution in [2.45, 2.75) is 51.9 Å². The molecule has 3 aromatic carbocycles. The molecule has 0 aliphatic carbocycles. The van der Waals surface area contributed by atoms with Crippen molar-refractivity contribution in [2.24, 2.45) is 5.41 Å². The normalized spacial score (nSPS) is 17.9. The Hall–Kier alpha value is -4.98. The van der Waals surface area contributed by atoms with Crippen molar-refractivity contribution < 1.29 is 27.7 Å². The molecular formula is C44H48BrF2N8O4P. The van der Waals surface area contributed by atoms with Crippen molar-refractivity contribution in [1.82, 2.24) is 25.2 Å². The lowest BCUT2D eigenvalue weighted by molar-refractivity contribution is -0.134. The third kappa shape index (κ3) is 8.36. The maximum atomic E-state index is 15.1. The molecule has 3 aliphatic heterocycles. The van der Waals surface area contributed by atoms with Gasteiger partial charge in [0.1, 0.15) is 30.3 Å². The summed E-state index contributed by atoms with van der Waals surface area (Å²) in [5.41, 5.74) is 5.75. The van der Waals surface area contributed by atoms with Crippen LogP contribution >= 0.6 is 23.1 Å². The van der Waals surface area contributed by atoms with Gasteiger partial charge in [0.15, 0.2) is 0 Å². The number of hydrogen-bond donors (Lipinski definition) is 3. The molecule has 12 nitrogen and oxygen atoms in total. The standard InChI is InChI=1S/C44H48BrF2N8O4P/c1-6-27-19-35(51-43-48-21-30(45)41(53-43)50-34-11-10-33-28(8-7-25(2)49-33)40(34)60(4,5)58)37(59-3)20-36(27)55-23-44(24-55)14-16-54(22-44)15-13-26-17-31(46)39(32(47)18-26)29-9-12-38(56)52-42(29)57/h7-8,10-11,17-21,29H,6,9,12-16,22-24H2,1-5H3,(H,52,56,57)(H2,48,50,51,53). The van der Waals surface area contributed by atoms with Gasteiger partial charge < -0.3 is 29.7 Å². The average Bonchev–Trinajstić information content (AvgIpc) is 3.62. The first-order valence-corrected chi connectivity index (χ1v) is 23.6. The summed E-state index contributed by atoms with van der Waals surface area (Å²) in [5, 5.41) is 10.5. The van der Waals surface area contributed by atoms with E-state index in [1.54, 1.807) is 26.6 Å². The molecular weight excluding hydrogens is 853 g/mol. The zero-order valence-electron chi connectivity index (χ0n) is 34.3. The van der Waals surface area contributed by atoms with Crippen LogP contribution in [0, 0.1) is 24.0 Å². The number of benzene rings is 3. The number of aromatic nitrogens is 3. The highest BCUT2D eigenvalue weighted by Crippen LogP contribution is 2.46. The molecule has 3 fully saturated rings. The molecule has 8 rings (SSSR count). The predicted molar refractivity (Wildman–Crippen MR) is 235 cm³/mol. The van der Waals surface area contributed by atoms with E-state index in [4.69, 9.17) is 9.72 Å². The van der Waals surface area contributed by atoms with Gasteiger partial charge in [-0.3, -0.25) is 19.9 Å². The summed E-state index contributed by atoms with van der Waals surface area (Å²) >= 11 is 3.59. The molecule has 1 spiro atoms. The number of methoxy groups -OCH3 is 1. The second kappa shape index (κ2) is 16.5. The van der Waals surface area contributed by atoms with Crippen molar-refractivity contribution >= 4 is 79.9 Å². The highest BCUT2D eigenvalue weighted by atomic mass is 79.9. The van der Waals surface area contributed by atoms with E-state index in [2.05, 4.69) is 70.7 Å². The summed E-state index contributed by atoms with van der Waals surface area (Å²) in [6, 6.07) is 14.5. The van der Waals surface area contributed by atoms with E-state index in [0.717, 1.165) is 72.6 Å². The SMILES string of the molecule is CCc1cc(Nc2ncc(Br)c(Nc3ccc4nc(C)ccc4c3P(C)(C)=O)n2)c(OC)cc1N1CC2(CCN(CCc3cc(F)c(C4CCC(=O)NC4=O)c(F)c3)C2)C1. The third-order valence-electron chi connectivity index (χ3n) is 11.9. The number of carbonyl (C=O) groups is 2. The molecule has 3 aliphatic rings. The fourth-order valence-electron chi connectivity index (χ4n) is 8.97. The number of aryl methyl sites for hydroxylation is 2. The van der Waals surface area contributed by atoms with E-state index in [0.29, 0.717) is 51.5 Å². The lowest BCUT2D eigenvalue weighted by atomic mass is 9.78. The van der Waals surface area contributed by atoms with Crippen molar-refractivity contribution in [3.05, 3.63) is 93.2 Å². The molecule has 3 N–H and O–H groups in total. The van der Waals surface area contributed by atoms with Gasteiger partial charge in [0.2, 0.25) is 17.8 Å². The zero-order valence-corrected chi connectivity index (χ0v) is 36.8. The summed E-state index contributed by atoms with van der Waals surface area (Å²) in [6.45, 7) is 11.8. The minimum Gasteiger partial charge on any atom is -0.494 e. The van der Waals surface area contributed by atoms with E-state index in [1.807, 2.05) is 31.2 Å². The van der Waals surface area contributed by atoms with E-state index in [-0.39, 0.29) is 23.8 Å². The van der Waals surface area contributed by atoms with Crippen LogP contribution in [0.4, 0.5) is 37.6 Å². The Bertz CT molecular complexity index is 2560. The molecule has 1 atom stereocenters. The Morgan fingerprint density at radius 2 is 1.78 bits per heavy atom. The van der Waals surface area contributed by atoms with E-state index >= 15 is 8.78 Å².